The number of hydrogen-bond acceptors (Lipinski definition) is 4. The molecule has 0 amide bonds. The third-order valence-electron chi connectivity index (χ3n) is 4.29. The Morgan fingerprint density at radius 1 is 1.21 bits per heavy atom. The van der Waals surface area contributed by atoms with Crippen LogP contribution in [0, 0.1) is 25.5 Å². The molecule has 146 valence electrons. The van der Waals surface area contributed by atoms with Crippen LogP contribution in [0.25, 0.3) is 5.69 Å². The molecule has 0 spiro atoms. The smallest absolute Gasteiger partial charge is 0.273 e. The van der Waals surface area contributed by atoms with Crippen LogP contribution in [0.3, 0.4) is 0 Å². The first-order valence-corrected chi connectivity index (χ1v) is 9.26. The fourth-order valence-electron chi connectivity index (χ4n) is 2.83. The Balaban J connectivity index is 1.95. The van der Waals surface area contributed by atoms with E-state index in [0.717, 1.165) is 23.4 Å². The van der Waals surface area contributed by atoms with E-state index in [1.807, 2.05) is 13.0 Å². The number of hydrogen-bond donors (Lipinski definition) is 1. The molecule has 28 heavy (non-hydrogen) atoms. The zero-order chi connectivity index (χ0) is 20.4. The van der Waals surface area contributed by atoms with E-state index < -0.39 is 11.6 Å². The quantitative estimate of drug-likeness (QED) is 0.640. The van der Waals surface area contributed by atoms with Gasteiger partial charge in [-0.25, -0.2) is 8.78 Å². The van der Waals surface area contributed by atoms with Gasteiger partial charge in [0, 0.05) is 29.9 Å². The minimum atomic E-state index is -0.706. The van der Waals surface area contributed by atoms with Crippen molar-refractivity contribution in [2.24, 2.45) is 5.73 Å². The molecular formula is C20H18BrF2N3O2. The van der Waals surface area contributed by atoms with Gasteiger partial charge in [0.1, 0.15) is 28.5 Å². The summed E-state index contributed by atoms with van der Waals surface area (Å²) >= 11 is 3.27. The van der Waals surface area contributed by atoms with E-state index in [1.165, 1.54) is 10.6 Å². The number of pyridine rings is 2. The molecule has 2 heterocycles. The standard InChI is InChI=1S/C20H18BrF2N3O2/c1-11-5-15(8-24)25-9-17(11)26-12(2)6-18(19(21)20(26)27)28-10-13-3-4-14(22)7-16(13)23/h3-7,9H,8,10,24H2,1-2H3. The summed E-state index contributed by atoms with van der Waals surface area (Å²) in [5.74, 6) is -1.10. The third-order valence-corrected chi connectivity index (χ3v) is 5.02. The normalized spacial score (nSPS) is 10.9. The topological polar surface area (TPSA) is 70.1 Å². The van der Waals surface area contributed by atoms with Gasteiger partial charge in [-0.1, -0.05) is 0 Å². The van der Waals surface area contributed by atoms with Crippen molar-refractivity contribution < 1.29 is 13.5 Å². The second kappa shape index (κ2) is 8.20. The van der Waals surface area contributed by atoms with Gasteiger partial charge in [-0.15, -0.1) is 0 Å². The van der Waals surface area contributed by atoms with Gasteiger partial charge in [0.2, 0.25) is 0 Å². The number of benzene rings is 1. The molecule has 0 radical (unpaired) electrons. The molecule has 0 bridgehead atoms. The molecule has 0 aliphatic rings. The van der Waals surface area contributed by atoms with Gasteiger partial charge in [-0.05, 0) is 53.5 Å². The van der Waals surface area contributed by atoms with Crippen molar-refractivity contribution in [1.29, 1.82) is 0 Å². The zero-order valence-corrected chi connectivity index (χ0v) is 16.9. The molecule has 8 heteroatoms. The Labute approximate surface area is 168 Å². The van der Waals surface area contributed by atoms with Gasteiger partial charge in [0.25, 0.3) is 5.56 Å². The van der Waals surface area contributed by atoms with Crippen molar-refractivity contribution in [1.82, 2.24) is 9.55 Å². The first-order chi connectivity index (χ1) is 13.3. The number of aryl methyl sites for hydroxylation is 2. The fourth-order valence-corrected chi connectivity index (χ4v) is 3.24. The van der Waals surface area contributed by atoms with Crippen molar-refractivity contribution in [3.63, 3.8) is 0 Å². The zero-order valence-electron chi connectivity index (χ0n) is 15.3. The first-order valence-electron chi connectivity index (χ1n) is 8.46. The lowest BCUT2D eigenvalue weighted by atomic mass is 10.2. The minimum absolute atomic E-state index is 0.139. The lowest BCUT2D eigenvalue weighted by Crippen LogP contribution is -2.23. The molecule has 3 rings (SSSR count). The minimum Gasteiger partial charge on any atom is -0.487 e. The van der Waals surface area contributed by atoms with Crippen molar-refractivity contribution >= 4 is 15.9 Å². The van der Waals surface area contributed by atoms with E-state index in [0.29, 0.717) is 17.9 Å². The van der Waals surface area contributed by atoms with E-state index in [1.54, 1.807) is 19.2 Å². The molecule has 0 aliphatic carbocycles. The summed E-state index contributed by atoms with van der Waals surface area (Å²) < 4.78 is 34.1. The maximum Gasteiger partial charge on any atom is 0.273 e. The second-order valence-corrected chi connectivity index (χ2v) is 7.09. The Kier molecular flexibility index (Phi) is 5.90. The van der Waals surface area contributed by atoms with Crippen LogP contribution < -0.4 is 16.0 Å². The largest absolute Gasteiger partial charge is 0.487 e. The van der Waals surface area contributed by atoms with Crippen LogP contribution in [0.4, 0.5) is 8.78 Å². The summed E-state index contributed by atoms with van der Waals surface area (Å²) in [6, 6.07) is 6.75. The summed E-state index contributed by atoms with van der Waals surface area (Å²) in [7, 11) is 0. The van der Waals surface area contributed by atoms with Crippen LogP contribution in [0.15, 0.2) is 45.8 Å². The molecule has 0 atom stereocenters. The van der Waals surface area contributed by atoms with Crippen LogP contribution in [0.5, 0.6) is 5.75 Å². The third kappa shape index (κ3) is 3.98. The molecular weight excluding hydrogens is 432 g/mol. The van der Waals surface area contributed by atoms with E-state index in [2.05, 4.69) is 20.9 Å². The predicted octanol–water partition coefficient (Wildman–Crippen LogP) is 3.93. The molecule has 1 aromatic carbocycles. The van der Waals surface area contributed by atoms with E-state index in [-0.39, 0.29) is 28.0 Å². The van der Waals surface area contributed by atoms with Crippen molar-refractivity contribution in [2.45, 2.75) is 27.0 Å². The highest BCUT2D eigenvalue weighted by Crippen LogP contribution is 2.26. The van der Waals surface area contributed by atoms with Crippen LogP contribution >= 0.6 is 15.9 Å². The Bertz CT molecular complexity index is 1100. The number of ether oxygens (including phenoxy) is 1. The Morgan fingerprint density at radius 3 is 2.61 bits per heavy atom. The molecule has 2 N–H and O–H groups in total. The van der Waals surface area contributed by atoms with Crippen molar-refractivity contribution in [3.8, 4) is 11.4 Å². The first kappa shape index (κ1) is 20.2. The molecule has 2 aromatic heterocycles. The summed E-state index contributed by atoms with van der Waals surface area (Å²) in [6.07, 6.45) is 1.60. The maximum atomic E-state index is 13.8. The number of rotatable bonds is 5. The fraction of sp³-hybridized carbons (Fsp3) is 0.200. The summed E-state index contributed by atoms with van der Waals surface area (Å²) in [6.45, 7) is 3.80. The van der Waals surface area contributed by atoms with E-state index >= 15 is 0 Å². The van der Waals surface area contributed by atoms with Crippen molar-refractivity contribution in [2.75, 3.05) is 0 Å². The van der Waals surface area contributed by atoms with Crippen molar-refractivity contribution in [3.05, 3.63) is 85.5 Å². The Morgan fingerprint density at radius 2 is 1.96 bits per heavy atom. The number of nitrogens with zero attached hydrogens (tertiary/aromatic N) is 2. The molecule has 0 fully saturated rings. The second-order valence-electron chi connectivity index (χ2n) is 6.30. The van der Waals surface area contributed by atoms with Gasteiger partial charge < -0.3 is 10.5 Å². The molecule has 5 nitrogen and oxygen atoms in total. The molecule has 0 saturated heterocycles. The molecule has 0 unspecified atom stereocenters. The predicted molar refractivity (Wildman–Crippen MR) is 106 cm³/mol. The van der Waals surface area contributed by atoms with E-state index in [4.69, 9.17) is 10.5 Å². The summed E-state index contributed by atoms with van der Waals surface area (Å²) in [5.41, 5.74) is 8.30. The number of aromatic nitrogens is 2. The molecule has 3 aromatic rings. The summed E-state index contributed by atoms with van der Waals surface area (Å²) in [5, 5.41) is 0. The van der Waals surface area contributed by atoms with Gasteiger partial charge in [-0.2, -0.15) is 0 Å². The van der Waals surface area contributed by atoms with Crippen LogP contribution in [-0.4, -0.2) is 9.55 Å². The van der Waals surface area contributed by atoms with E-state index in [9.17, 15) is 13.6 Å². The van der Waals surface area contributed by atoms with Gasteiger partial charge in [0.05, 0.1) is 17.6 Å². The SMILES string of the molecule is Cc1cc(CN)ncc1-n1c(C)cc(OCc2ccc(F)cc2F)c(Br)c1=O. The highest BCUT2D eigenvalue weighted by Gasteiger charge is 2.16. The lowest BCUT2D eigenvalue weighted by molar-refractivity contribution is 0.296. The molecule has 0 saturated carbocycles. The van der Waals surface area contributed by atoms with Gasteiger partial charge >= 0.3 is 0 Å². The molecule has 0 aliphatic heterocycles. The maximum absolute atomic E-state index is 13.8. The lowest BCUT2D eigenvalue weighted by Gasteiger charge is -2.16. The van der Waals surface area contributed by atoms with Crippen LogP contribution in [0.1, 0.15) is 22.5 Å². The number of halogens is 3. The van der Waals surface area contributed by atoms with Crippen LogP contribution in [-0.2, 0) is 13.2 Å². The van der Waals surface area contributed by atoms with Gasteiger partial charge in [-0.3, -0.25) is 14.3 Å². The highest BCUT2D eigenvalue weighted by atomic mass is 79.9. The average molecular weight is 450 g/mol. The summed E-state index contributed by atoms with van der Waals surface area (Å²) in [4.78, 5) is 17.2. The monoisotopic (exact) mass is 449 g/mol. The van der Waals surface area contributed by atoms with Crippen LogP contribution in [0.2, 0.25) is 0 Å². The number of nitrogens with two attached hydrogens (primary N) is 1. The average Bonchev–Trinajstić information content (AvgIpc) is 2.66. The van der Waals surface area contributed by atoms with Gasteiger partial charge in [0.15, 0.2) is 0 Å². The Hall–Kier alpha value is -2.58. The highest BCUT2D eigenvalue weighted by molar-refractivity contribution is 9.10.